The second-order valence-electron chi connectivity index (χ2n) is 5.45. The molecule has 0 fully saturated rings. The smallest absolute Gasteiger partial charge is 1.00 e. The molecule has 0 heterocycles. The summed E-state index contributed by atoms with van der Waals surface area (Å²) in [7, 11) is -0.918. The fraction of sp³-hybridized carbons (Fsp3) is 0.316. The molecule has 0 aliphatic rings. The van der Waals surface area contributed by atoms with Gasteiger partial charge in [0.2, 0.25) is 0 Å². The molecule has 2 rings (SSSR count). The molecule has 0 radical (unpaired) electrons. The average Bonchev–Trinajstić information content (AvgIpc) is 2.55. The van der Waals surface area contributed by atoms with E-state index >= 15 is 0 Å². The molecular formula is C19H23ClLiO2P. The zero-order chi connectivity index (χ0) is 16.7. The van der Waals surface area contributed by atoms with Crippen molar-refractivity contribution in [3.05, 3.63) is 58.6 Å². The number of halogens is 1. The van der Waals surface area contributed by atoms with Gasteiger partial charge in [-0.25, -0.2) is 0 Å². The molecule has 1 unspecified atom stereocenters. The van der Waals surface area contributed by atoms with E-state index in [1.165, 1.54) is 12.8 Å². The van der Waals surface area contributed by atoms with Crippen LogP contribution in [0.4, 0.5) is 0 Å². The first kappa shape index (κ1) is 21.4. The van der Waals surface area contributed by atoms with Crippen molar-refractivity contribution in [3.8, 4) is 0 Å². The van der Waals surface area contributed by atoms with Crippen molar-refractivity contribution in [2.75, 3.05) is 6.61 Å². The quantitative estimate of drug-likeness (QED) is 0.313. The fourth-order valence-corrected chi connectivity index (χ4v) is 4.67. The first-order chi connectivity index (χ1) is 11.2. The number of carbonyl (C=O) groups is 1. The summed E-state index contributed by atoms with van der Waals surface area (Å²) in [6.45, 7) is 4.83. The molecule has 0 amide bonds. The first-order valence-electron chi connectivity index (χ1n) is 7.90. The maximum Gasteiger partial charge on any atom is 1.00 e. The Labute approximate surface area is 164 Å². The summed E-state index contributed by atoms with van der Waals surface area (Å²) in [4.78, 5) is 11.1. The second kappa shape index (κ2) is 11.1. The van der Waals surface area contributed by atoms with Gasteiger partial charge in [-0.1, -0.05) is 61.7 Å². The second-order valence-corrected chi connectivity index (χ2v) is 7.73. The van der Waals surface area contributed by atoms with Crippen LogP contribution in [0.15, 0.2) is 42.5 Å². The number of carbonyl (C=O) groups excluding carboxylic acids is 1. The van der Waals surface area contributed by atoms with Gasteiger partial charge in [0.25, 0.3) is 0 Å². The zero-order valence-corrected chi connectivity index (χ0v) is 16.2. The summed E-state index contributed by atoms with van der Waals surface area (Å²) < 4.78 is 6.22. The van der Waals surface area contributed by atoms with E-state index in [4.69, 9.17) is 16.1 Å². The van der Waals surface area contributed by atoms with E-state index in [1.54, 1.807) is 0 Å². The van der Waals surface area contributed by atoms with E-state index in [1.807, 2.05) is 37.3 Å². The van der Waals surface area contributed by atoms with E-state index in [0.717, 1.165) is 35.5 Å². The fourth-order valence-electron chi connectivity index (χ4n) is 2.37. The Morgan fingerprint density at radius 2 is 1.88 bits per heavy atom. The van der Waals surface area contributed by atoms with Crippen LogP contribution in [0.1, 0.15) is 43.5 Å². The molecule has 0 saturated carbocycles. The number of hydrogen-bond donors (Lipinski definition) is 0. The molecule has 0 aliphatic carbocycles. The number of benzene rings is 2. The van der Waals surface area contributed by atoms with E-state index in [-0.39, 0.29) is 20.3 Å². The van der Waals surface area contributed by atoms with Gasteiger partial charge in [0.15, 0.2) is 6.29 Å². The van der Waals surface area contributed by atoms with Gasteiger partial charge < -0.3 is 5.95 Å². The predicted molar refractivity (Wildman–Crippen MR) is 101 cm³/mol. The van der Waals surface area contributed by atoms with Gasteiger partial charge in [-0.15, -0.1) is 0 Å². The largest absolute Gasteiger partial charge is 1.00 e. The number of aryl methyl sites for hydroxylation is 1. The van der Waals surface area contributed by atoms with Gasteiger partial charge in [0.1, 0.15) is 0 Å². The van der Waals surface area contributed by atoms with Crippen molar-refractivity contribution in [1.29, 1.82) is 0 Å². The van der Waals surface area contributed by atoms with Crippen LogP contribution in [-0.4, -0.2) is 12.9 Å². The Kier molecular flexibility index (Phi) is 9.90. The maximum atomic E-state index is 11.1. The molecule has 2 aromatic carbocycles. The summed E-state index contributed by atoms with van der Waals surface area (Å²) in [5.41, 5.74) is 1.45. The molecule has 0 saturated heterocycles. The molecule has 0 spiro atoms. The predicted octanol–water partition coefficient (Wildman–Crippen LogP) is 2.13. The summed E-state index contributed by atoms with van der Waals surface area (Å²) in [6, 6.07) is 14.1. The van der Waals surface area contributed by atoms with Gasteiger partial charge in [-0.3, -0.25) is 4.79 Å². The Balaban J connectivity index is 0.00000288. The standard InChI is InChI=1S/C19H22ClO2P.Li.H/c1-3-4-8-11-22-23(16-9-6-5-7-10-16)17-12-15(2)18(14-21)19(20)13-17;;/h5-7,9-10,12-14H,3-4,8,11H2,1-2H3;;/q;+1;-1. The Bertz CT molecular complexity index is 632. The molecule has 24 heavy (non-hydrogen) atoms. The minimum Gasteiger partial charge on any atom is -1.00 e. The Morgan fingerprint density at radius 3 is 2.46 bits per heavy atom. The topological polar surface area (TPSA) is 26.3 Å². The van der Waals surface area contributed by atoms with Crippen molar-refractivity contribution in [2.45, 2.75) is 33.1 Å². The zero-order valence-electron chi connectivity index (χ0n) is 15.6. The molecule has 1 atom stereocenters. The molecule has 0 aliphatic heterocycles. The van der Waals surface area contributed by atoms with Crippen LogP contribution in [0.5, 0.6) is 0 Å². The first-order valence-corrected chi connectivity index (χ1v) is 9.54. The van der Waals surface area contributed by atoms with E-state index in [2.05, 4.69) is 19.1 Å². The molecule has 0 bridgehead atoms. The van der Waals surface area contributed by atoms with Crippen LogP contribution < -0.4 is 29.5 Å². The number of unbranched alkanes of at least 4 members (excludes halogenated alkanes) is 2. The Morgan fingerprint density at radius 1 is 1.17 bits per heavy atom. The van der Waals surface area contributed by atoms with Crippen molar-refractivity contribution >= 4 is 36.6 Å². The number of aldehydes is 1. The molecule has 2 nitrogen and oxygen atoms in total. The van der Waals surface area contributed by atoms with E-state index in [0.29, 0.717) is 10.6 Å². The summed E-state index contributed by atoms with van der Waals surface area (Å²) in [6.07, 6.45) is 4.21. The summed E-state index contributed by atoms with van der Waals surface area (Å²) in [5, 5.41) is 2.71. The van der Waals surface area contributed by atoms with Crippen LogP contribution in [0.3, 0.4) is 0 Å². The molecule has 2 aromatic rings. The SMILES string of the molecule is CCCCCOP(c1ccccc1)c1cc(C)c(C=O)c(Cl)c1.[H-].[Li+]. The van der Waals surface area contributed by atoms with Gasteiger partial charge in [-0.2, -0.15) is 0 Å². The Hall–Kier alpha value is -0.613. The van der Waals surface area contributed by atoms with Crippen molar-refractivity contribution in [1.82, 2.24) is 0 Å². The molecular weight excluding hydrogens is 334 g/mol. The van der Waals surface area contributed by atoms with Gasteiger partial charge in [-0.05, 0) is 31.0 Å². The third-order valence-electron chi connectivity index (χ3n) is 3.63. The summed E-state index contributed by atoms with van der Waals surface area (Å²) in [5.74, 6) is 0. The van der Waals surface area contributed by atoms with E-state index < -0.39 is 8.15 Å². The van der Waals surface area contributed by atoms with Gasteiger partial charge in [0.05, 0.1) is 19.8 Å². The van der Waals surface area contributed by atoms with Gasteiger partial charge in [0, 0.05) is 16.2 Å². The van der Waals surface area contributed by atoms with Gasteiger partial charge >= 0.3 is 18.9 Å². The molecule has 0 N–H and O–H groups in total. The third kappa shape index (κ3) is 5.73. The van der Waals surface area contributed by atoms with Crippen molar-refractivity contribution in [2.24, 2.45) is 0 Å². The minimum absolute atomic E-state index is 0. The van der Waals surface area contributed by atoms with Crippen LogP contribution in [0, 0.1) is 6.92 Å². The third-order valence-corrected chi connectivity index (χ3v) is 5.88. The molecule has 0 aromatic heterocycles. The van der Waals surface area contributed by atoms with Crippen LogP contribution in [0.2, 0.25) is 5.02 Å². The molecule has 5 heteroatoms. The van der Waals surface area contributed by atoms with Crippen LogP contribution in [-0.2, 0) is 4.52 Å². The normalized spacial score (nSPS) is 11.6. The number of hydrogen-bond acceptors (Lipinski definition) is 2. The van der Waals surface area contributed by atoms with Crippen molar-refractivity contribution < 1.29 is 29.6 Å². The van der Waals surface area contributed by atoms with Crippen molar-refractivity contribution in [3.63, 3.8) is 0 Å². The van der Waals surface area contributed by atoms with Crippen LogP contribution >= 0.6 is 19.7 Å². The minimum atomic E-state index is -0.918. The summed E-state index contributed by atoms with van der Waals surface area (Å²) >= 11 is 6.27. The maximum absolute atomic E-state index is 11.1. The van der Waals surface area contributed by atoms with E-state index in [9.17, 15) is 4.79 Å². The molecule has 124 valence electrons. The monoisotopic (exact) mass is 356 g/mol. The van der Waals surface area contributed by atoms with Crippen LogP contribution in [0.25, 0.3) is 0 Å². The average molecular weight is 357 g/mol. The number of rotatable bonds is 8.